The third-order valence-electron chi connectivity index (χ3n) is 3.79. The van der Waals surface area contributed by atoms with E-state index in [1.807, 2.05) is 32.0 Å². The van der Waals surface area contributed by atoms with Gasteiger partial charge in [0, 0.05) is 10.6 Å². The fraction of sp³-hybridized carbons (Fsp3) is 0.294. The highest BCUT2D eigenvalue weighted by Gasteiger charge is 2.15. The summed E-state index contributed by atoms with van der Waals surface area (Å²) >= 11 is 3.38. The highest BCUT2D eigenvalue weighted by molar-refractivity contribution is 7.98. The number of thiophene rings is 1. The molecule has 0 amide bonds. The Balaban J connectivity index is 1.85. The molecule has 0 saturated heterocycles. The third-order valence-corrected chi connectivity index (χ3v) is 6.11. The molecule has 0 spiro atoms. The second-order valence-corrected chi connectivity index (χ2v) is 7.89. The summed E-state index contributed by atoms with van der Waals surface area (Å²) in [6.07, 6.45) is 0. The molecule has 1 N–H and O–H groups in total. The van der Waals surface area contributed by atoms with E-state index in [2.05, 4.69) is 29.0 Å². The van der Waals surface area contributed by atoms with Gasteiger partial charge in [0.25, 0.3) is 5.56 Å². The average Bonchev–Trinajstić information content (AvgIpc) is 2.81. The second-order valence-electron chi connectivity index (χ2n) is 5.35. The molecule has 22 heavy (non-hydrogen) atoms. The van der Waals surface area contributed by atoms with E-state index >= 15 is 0 Å². The van der Waals surface area contributed by atoms with Crippen LogP contribution in [0, 0.1) is 13.8 Å². The van der Waals surface area contributed by atoms with Crippen molar-refractivity contribution in [3.05, 3.63) is 62.5 Å². The number of H-pyrrole nitrogens is 1. The Morgan fingerprint density at radius 3 is 2.73 bits per heavy atom. The highest BCUT2D eigenvalue weighted by atomic mass is 32.2. The lowest BCUT2D eigenvalue weighted by Gasteiger charge is -2.10. The molecule has 0 saturated carbocycles. The molecule has 2 heterocycles. The average molecular weight is 330 g/mol. The van der Waals surface area contributed by atoms with Crippen molar-refractivity contribution in [2.45, 2.75) is 31.8 Å². The molecule has 0 bridgehead atoms. The third kappa shape index (κ3) is 2.96. The smallest absolute Gasteiger partial charge is 0.259 e. The molecule has 0 radical (unpaired) electrons. The van der Waals surface area contributed by atoms with Crippen LogP contribution in [0.4, 0.5) is 0 Å². The van der Waals surface area contributed by atoms with Crippen LogP contribution in [0.3, 0.4) is 0 Å². The summed E-state index contributed by atoms with van der Waals surface area (Å²) in [4.78, 5) is 22.0. The van der Waals surface area contributed by atoms with Gasteiger partial charge in [-0.3, -0.25) is 4.79 Å². The topological polar surface area (TPSA) is 45.8 Å². The largest absolute Gasteiger partial charge is 0.309 e. The van der Waals surface area contributed by atoms with Gasteiger partial charge in [-0.2, -0.15) is 0 Å². The predicted molar refractivity (Wildman–Crippen MR) is 95.9 cm³/mol. The van der Waals surface area contributed by atoms with Crippen LogP contribution < -0.4 is 5.56 Å². The van der Waals surface area contributed by atoms with Crippen LogP contribution in [0.5, 0.6) is 0 Å². The minimum atomic E-state index is -0.0194. The quantitative estimate of drug-likeness (QED) is 0.760. The zero-order valence-electron chi connectivity index (χ0n) is 12.8. The van der Waals surface area contributed by atoms with Crippen molar-refractivity contribution in [2.24, 2.45) is 0 Å². The summed E-state index contributed by atoms with van der Waals surface area (Å²) in [7, 11) is 0. The van der Waals surface area contributed by atoms with Crippen LogP contribution in [0.1, 0.15) is 34.0 Å². The molecule has 0 aliphatic heterocycles. The number of hydrogen-bond acceptors (Lipinski definition) is 4. The Hall–Kier alpha value is -1.59. The van der Waals surface area contributed by atoms with Crippen molar-refractivity contribution in [3.63, 3.8) is 0 Å². The first-order valence-corrected chi connectivity index (χ1v) is 9.08. The van der Waals surface area contributed by atoms with E-state index < -0.39 is 0 Å². The normalized spacial score (nSPS) is 12.7. The van der Waals surface area contributed by atoms with E-state index in [1.165, 1.54) is 5.56 Å². The van der Waals surface area contributed by atoms with Gasteiger partial charge in [0.1, 0.15) is 10.7 Å². The van der Waals surface area contributed by atoms with Crippen LogP contribution in [0.25, 0.3) is 10.2 Å². The number of aromatic amines is 1. The Kier molecular flexibility index (Phi) is 4.36. The van der Waals surface area contributed by atoms with Gasteiger partial charge in [-0.05, 0) is 31.9 Å². The molecule has 3 aromatic rings. The van der Waals surface area contributed by atoms with E-state index in [4.69, 9.17) is 0 Å². The first-order valence-electron chi connectivity index (χ1n) is 7.21. The molecule has 114 valence electrons. The maximum Gasteiger partial charge on any atom is 0.259 e. The van der Waals surface area contributed by atoms with Crippen molar-refractivity contribution in [1.29, 1.82) is 0 Å². The zero-order valence-corrected chi connectivity index (χ0v) is 14.5. The Morgan fingerprint density at radius 2 is 2.00 bits per heavy atom. The number of nitrogens with one attached hydrogen (secondary N) is 1. The number of hydrogen-bond donors (Lipinski definition) is 1. The number of aryl methyl sites for hydroxylation is 2. The van der Waals surface area contributed by atoms with Gasteiger partial charge in [0.05, 0.1) is 10.6 Å². The van der Waals surface area contributed by atoms with Gasteiger partial charge in [-0.1, -0.05) is 30.3 Å². The summed E-state index contributed by atoms with van der Waals surface area (Å²) < 4.78 is 0. The van der Waals surface area contributed by atoms with Crippen LogP contribution in [-0.2, 0) is 5.75 Å². The number of nitrogens with zero attached hydrogens (tertiary/aromatic N) is 1. The molecule has 0 fully saturated rings. The minimum Gasteiger partial charge on any atom is -0.309 e. The standard InChI is InChI=1S/C17H18N2OS2/c1-10-11(2)22-17-14(10)16(20)18-15(19-17)12(3)21-9-13-7-5-4-6-8-13/h4-8,12H,9H2,1-3H3,(H,18,19,20)/t12-/m1/s1. The molecule has 0 aliphatic carbocycles. The van der Waals surface area contributed by atoms with Crippen molar-refractivity contribution in [3.8, 4) is 0 Å². The Morgan fingerprint density at radius 1 is 1.27 bits per heavy atom. The molecular formula is C17H18N2OS2. The molecule has 1 atom stereocenters. The van der Waals surface area contributed by atoms with E-state index in [0.29, 0.717) is 0 Å². The van der Waals surface area contributed by atoms with Gasteiger partial charge < -0.3 is 4.98 Å². The lowest BCUT2D eigenvalue weighted by atomic mass is 10.2. The number of fused-ring (bicyclic) bond motifs is 1. The molecule has 5 heteroatoms. The van der Waals surface area contributed by atoms with Gasteiger partial charge in [0.2, 0.25) is 0 Å². The molecule has 2 aromatic heterocycles. The zero-order chi connectivity index (χ0) is 15.7. The highest BCUT2D eigenvalue weighted by Crippen LogP contribution is 2.31. The lowest BCUT2D eigenvalue weighted by Crippen LogP contribution is -2.12. The van der Waals surface area contributed by atoms with Gasteiger partial charge in [0.15, 0.2) is 0 Å². The van der Waals surface area contributed by atoms with E-state index in [1.54, 1.807) is 23.1 Å². The monoisotopic (exact) mass is 330 g/mol. The lowest BCUT2D eigenvalue weighted by molar-refractivity contribution is 0.925. The summed E-state index contributed by atoms with van der Waals surface area (Å²) in [6, 6.07) is 10.3. The van der Waals surface area contributed by atoms with E-state index in [-0.39, 0.29) is 10.8 Å². The second kappa shape index (κ2) is 6.26. The van der Waals surface area contributed by atoms with Gasteiger partial charge in [-0.25, -0.2) is 4.98 Å². The number of thioether (sulfide) groups is 1. The molecule has 0 unspecified atom stereocenters. The molecule has 0 aliphatic rings. The SMILES string of the molecule is Cc1sc2nc([C@@H](C)SCc3ccccc3)[nH]c(=O)c2c1C. The maximum absolute atomic E-state index is 12.3. The molecule has 3 rings (SSSR count). The summed E-state index contributed by atoms with van der Waals surface area (Å²) in [5, 5.41) is 0.895. The first-order chi connectivity index (χ1) is 10.6. The van der Waals surface area contributed by atoms with Gasteiger partial charge in [-0.15, -0.1) is 23.1 Å². The summed E-state index contributed by atoms with van der Waals surface area (Å²) in [5.41, 5.74) is 2.31. The number of aromatic nitrogens is 2. The first kappa shape index (κ1) is 15.3. The Labute approximate surface area is 137 Å². The molecular weight excluding hydrogens is 312 g/mol. The maximum atomic E-state index is 12.3. The van der Waals surface area contributed by atoms with Crippen molar-refractivity contribution < 1.29 is 0 Å². The number of rotatable bonds is 4. The van der Waals surface area contributed by atoms with Crippen LogP contribution in [0.15, 0.2) is 35.1 Å². The minimum absolute atomic E-state index is 0.0194. The van der Waals surface area contributed by atoms with Gasteiger partial charge >= 0.3 is 0 Å². The predicted octanol–water partition coefficient (Wildman–Crippen LogP) is 4.60. The summed E-state index contributed by atoms with van der Waals surface area (Å²) in [6.45, 7) is 6.11. The van der Waals surface area contributed by atoms with Crippen LogP contribution in [-0.4, -0.2) is 9.97 Å². The van der Waals surface area contributed by atoms with Crippen LogP contribution in [0.2, 0.25) is 0 Å². The molecule has 3 nitrogen and oxygen atoms in total. The summed E-state index contributed by atoms with van der Waals surface area (Å²) in [5.74, 6) is 1.67. The fourth-order valence-electron chi connectivity index (χ4n) is 2.34. The van der Waals surface area contributed by atoms with Crippen LogP contribution >= 0.6 is 23.1 Å². The van der Waals surface area contributed by atoms with Crippen molar-refractivity contribution >= 4 is 33.3 Å². The van der Waals surface area contributed by atoms with E-state index in [9.17, 15) is 4.79 Å². The number of benzene rings is 1. The Bertz CT molecular complexity index is 852. The van der Waals surface area contributed by atoms with E-state index in [0.717, 1.165) is 32.2 Å². The van der Waals surface area contributed by atoms with Crippen molar-refractivity contribution in [1.82, 2.24) is 9.97 Å². The van der Waals surface area contributed by atoms with Crippen molar-refractivity contribution in [2.75, 3.05) is 0 Å². The molecule has 1 aromatic carbocycles. The fourth-order valence-corrected chi connectivity index (χ4v) is 4.28.